The average molecular weight is 482 g/mol. The number of aryl methyl sites for hydroxylation is 1. The number of methoxy groups -OCH3 is 1. The summed E-state index contributed by atoms with van der Waals surface area (Å²) in [4.78, 5) is 13.2. The molecule has 0 amide bonds. The summed E-state index contributed by atoms with van der Waals surface area (Å²) in [5.41, 5.74) is 10.0. The molecule has 1 unspecified atom stereocenters. The Kier molecular flexibility index (Phi) is 5.82. The smallest absolute Gasteiger partial charge is 0.222 e. The maximum Gasteiger partial charge on any atom is 0.222 e. The van der Waals surface area contributed by atoms with Gasteiger partial charge in [-0.25, -0.2) is 23.4 Å². The quantitative estimate of drug-likeness (QED) is 0.429. The third-order valence-electron chi connectivity index (χ3n) is 6.25. The van der Waals surface area contributed by atoms with Crippen molar-refractivity contribution in [2.24, 2.45) is 0 Å². The molecule has 0 saturated heterocycles. The van der Waals surface area contributed by atoms with Gasteiger partial charge in [0.05, 0.1) is 46.0 Å². The fourth-order valence-corrected chi connectivity index (χ4v) is 5.24. The van der Waals surface area contributed by atoms with Gasteiger partial charge in [-0.05, 0) is 57.5 Å². The molecular formula is C24H27N5O4S. The number of nitrogens with two attached hydrogens (primary N) is 1. The molecule has 0 fully saturated rings. The van der Waals surface area contributed by atoms with E-state index >= 15 is 0 Å². The fraction of sp³-hybridized carbons (Fsp3) is 0.292. The molecule has 0 aliphatic carbocycles. The zero-order valence-electron chi connectivity index (χ0n) is 19.6. The highest BCUT2D eigenvalue weighted by atomic mass is 32.2. The SMILES string of the molecule is COc1ncccc1-c1cn2c(-c3cc(S(=O)(=O)C(C)(C)C(C)O)ccc3C)cnc2c(N)n1. The van der Waals surface area contributed by atoms with Crippen LogP contribution in [0.2, 0.25) is 0 Å². The van der Waals surface area contributed by atoms with Gasteiger partial charge in [-0.2, -0.15) is 0 Å². The van der Waals surface area contributed by atoms with E-state index in [1.165, 1.54) is 27.9 Å². The number of aliphatic hydroxyl groups is 1. The van der Waals surface area contributed by atoms with Gasteiger partial charge >= 0.3 is 0 Å². The molecule has 34 heavy (non-hydrogen) atoms. The number of nitrogen functional groups attached to an aromatic ring is 1. The van der Waals surface area contributed by atoms with Crippen LogP contribution in [0.5, 0.6) is 5.88 Å². The third kappa shape index (κ3) is 3.68. The lowest BCUT2D eigenvalue weighted by atomic mass is 10.1. The highest BCUT2D eigenvalue weighted by Gasteiger charge is 2.40. The van der Waals surface area contributed by atoms with Crippen molar-refractivity contribution in [2.75, 3.05) is 12.8 Å². The molecule has 0 spiro atoms. The van der Waals surface area contributed by atoms with Crippen LogP contribution in [0.4, 0.5) is 5.82 Å². The molecule has 0 aliphatic rings. The number of hydrogen-bond donors (Lipinski definition) is 2. The lowest BCUT2D eigenvalue weighted by Gasteiger charge is -2.28. The van der Waals surface area contributed by atoms with Crippen molar-refractivity contribution in [2.45, 2.75) is 43.4 Å². The second-order valence-electron chi connectivity index (χ2n) is 8.67. The van der Waals surface area contributed by atoms with Crippen molar-refractivity contribution >= 4 is 21.3 Å². The van der Waals surface area contributed by atoms with Gasteiger partial charge in [-0.3, -0.25) is 4.40 Å². The molecule has 9 nitrogen and oxygen atoms in total. The van der Waals surface area contributed by atoms with Crippen LogP contribution in [0.1, 0.15) is 26.3 Å². The molecule has 3 N–H and O–H groups in total. The number of anilines is 1. The molecule has 0 saturated carbocycles. The summed E-state index contributed by atoms with van der Waals surface area (Å²) >= 11 is 0. The summed E-state index contributed by atoms with van der Waals surface area (Å²) < 4.78 is 32.4. The van der Waals surface area contributed by atoms with Crippen LogP contribution < -0.4 is 10.5 Å². The number of hydrogen-bond acceptors (Lipinski definition) is 8. The minimum Gasteiger partial charge on any atom is -0.481 e. The van der Waals surface area contributed by atoms with Gasteiger partial charge in [-0.15, -0.1) is 0 Å². The number of sulfone groups is 1. The largest absolute Gasteiger partial charge is 0.481 e. The predicted octanol–water partition coefficient (Wildman–Crippen LogP) is 3.29. The van der Waals surface area contributed by atoms with E-state index < -0.39 is 20.7 Å². The van der Waals surface area contributed by atoms with Crippen molar-refractivity contribution in [3.63, 3.8) is 0 Å². The van der Waals surface area contributed by atoms with Crippen molar-refractivity contribution in [1.29, 1.82) is 0 Å². The van der Waals surface area contributed by atoms with Crippen LogP contribution in [0.25, 0.3) is 28.2 Å². The zero-order valence-corrected chi connectivity index (χ0v) is 20.5. The molecule has 0 aliphatic heterocycles. The number of benzene rings is 1. The van der Waals surface area contributed by atoms with Gasteiger partial charge in [-0.1, -0.05) is 6.07 Å². The molecule has 1 atom stereocenters. The van der Waals surface area contributed by atoms with Crippen LogP contribution >= 0.6 is 0 Å². The molecule has 3 heterocycles. The molecule has 10 heteroatoms. The molecular weight excluding hydrogens is 454 g/mol. The van der Waals surface area contributed by atoms with Crippen molar-refractivity contribution < 1.29 is 18.3 Å². The number of aromatic nitrogens is 4. The van der Waals surface area contributed by atoms with Crippen LogP contribution in [-0.4, -0.2) is 50.8 Å². The first-order valence-electron chi connectivity index (χ1n) is 10.7. The summed E-state index contributed by atoms with van der Waals surface area (Å²) in [5, 5.41) is 10.1. The van der Waals surface area contributed by atoms with E-state index in [1.54, 1.807) is 47.3 Å². The van der Waals surface area contributed by atoms with E-state index in [1.807, 2.05) is 13.0 Å². The minimum atomic E-state index is -3.83. The van der Waals surface area contributed by atoms with Crippen molar-refractivity contribution in [3.05, 3.63) is 54.5 Å². The van der Waals surface area contributed by atoms with Crippen LogP contribution in [0, 0.1) is 6.92 Å². The first-order chi connectivity index (χ1) is 16.0. The van der Waals surface area contributed by atoms with E-state index in [0.717, 1.165) is 5.56 Å². The Morgan fingerprint density at radius 2 is 1.91 bits per heavy atom. The summed E-state index contributed by atoms with van der Waals surface area (Å²) in [7, 11) is -2.30. The molecule has 4 aromatic rings. The Morgan fingerprint density at radius 1 is 1.18 bits per heavy atom. The first-order valence-corrected chi connectivity index (χ1v) is 12.1. The number of pyridine rings is 1. The molecule has 1 aromatic carbocycles. The first kappa shape index (κ1) is 23.7. The monoisotopic (exact) mass is 481 g/mol. The highest BCUT2D eigenvalue weighted by Crippen LogP contribution is 2.34. The maximum atomic E-state index is 13.3. The summed E-state index contributed by atoms with van der Waals surface area (Å²) in [6.07, 6.45) is 3.97. The Bertz CT molecular complexity index is 1490. The molecule has 3 aromatic heterocycles. The van der Waals surface area contributed by atoms with Crippen molar-refractivity contribution in [3.8, 4) is 28.4 Å². The number of rotatable bonds is 6. The third-order valence-corrected chi connectivity index (χ3v) is 8.85. The fourth-order valence-electron chi connectivity index (χ4n) is 3.66. The van der Waals surface area contributed by atoms with E-state index in [0.29, 0.717) is 34.0 Å². The Hall–Kier alpha value is -3.50. The highest BCUT2D eigenvalue weighted by molar-refractivity contribution is 7.92. The molecule has 0 radical (unpaired) electrons. The van der Waals surface area contributed by atoms with Gasteiger partial charge in [0, 0.05) is 18.0 Å². The van der Waals surface area contributed by atoms with E-state index in [-0.39, 0.29) is 10.7 Å². The lowest BCUT2D eigenvalue weighted by molar-refractivity contribution is 0.156. The Balaban J connectivity index is 1.93. The molecule has 0 bridgehead atoms. The van der Waals surface area contributed by atoms with Crippen LogP contribution in [-0.2, 0) is 9.84 Å². The van der Waals surface area contributed by atoms with Gasteiger partial charge in [0.1, 0.15) is 0 Å². The van der Waals surface area contributed by atoms with Gasteiger partial charge in [0.2, 0.25) is 5.88 Å². The molecule has 4 rings (SSSR count). The topological polar surface area (TPSA) is 133 Å². The lowest BCUT2D eigenvalue weighted by Crippen LogP contribution is -2.42. The second kappa shape index (κ2) is 8.37. The number of imidazole rings is 1. The van der Waals surface area contributed by atoms with Gasteiger partial charge in [0.25, 0.3) is 0 Å². The number of nitrogens with zero attached hydrogens (tertiary/aromatic N) is 4. The van der Waals surface area contributed by atoms with Gasteiger partial charge in [0.15, 0.2) is 21.3 Å². The number of fused-ring (bicyclic) bond motifs is 1. The normalized spacial score (nSPS) is 13.2. The maximum absolute atomic E-state index is 13.3. The van der Waals surface area contributed by atoms with Crippen molar-refractivity contribution in [1.82, 2.24) is 19.4 Å². The van der Waals surface area contributed by atoms with E-state index in [2.05, 4.69) is 15.0 Å². The standard InChI is InChI=1S/C24H27N5O4S/c1-14-8-9-16(34(31,32)24(3,4)15(2)30)11-18(14)20-12-27-22-21(25)28-19(13-29(20)22)17-7-6-10-26-23(17)33-5/h6-13,15,30H,1-5H3,(H2,25,28). The summed E-state index contributed by atoms with van der Waals surface area (Å²) in [5.74, 6) is 0.617. The van der Waals surface area contributed by atoms with Crippen LogP contribution in [0.15, 0.2) is 53.8 Å². The minimum absolute atomic E-state index is 0.116. The number of aliphatic hydroxyl groups excluding tert-OH is 1. The number of ether oxygens (including phenoxy) is 1. The van der Waals surface area contributed by atoms with E-state index in [9.17, 15) is 13.5 Å². The van der Waals surface area contributed by atoms with E-state index in [4.69, 9.17) is 10.5 Å². The Labute approximate surface area is 198 Å². The van der Waals surface area contributed by atoms with Crippen LogP contribution in [0.3, 0.4) is 0 Å². The van der Waals surface area contributed by atoms with Gasteiger partial charge < -0.3 is 15.6 Å². The Morgan fingerprint density at radius 3 is 2.59 bits per heavy atom. The molecule has 178 valence electrons. The average Bonchev–Trinajstić information content (AvgIpc) is 3.23. The second-order valence-corrected chi connectivity index (χ2v) is 11.2. The zero-order chi connectivity index (χ0) is 24.8. The summed E-state index contributed by atoms with van der Waals surface area (Å²) in [6, 6.07) is 8.52. The summed E-state index contributed by atoms with van der Waals surface area (Å²) in [6.45, 7) is 6.39. The predicted molar refractivity (Wildman–Crippen MR) is 130 cm³/mol.